The third kappa shape index (κ3) is 6.72. The van der Waals surface area contributed by atoms with E-state index >= 15 is 0 Å². The number of rotatable bonds is 7. The Kier molecular flexibility index (Phi) is 10.7. The molecule has 1 aliphatic rings. The van der Waals surface area contributed by atoms with Crippen molar-refractivity contribution in [3.05, 3.63) is 39.8 Å². The molecule has 0 bridgehead atoms. The minimum absolute atomic E-state index is 0. The monoisotopic (exact) mass is 462 g/mol. The summed E-state index contributed by atoms with van der Waals surface area (Å²) in [6, 6.07) is 5.91. The van der Waals surface area contributed by atoms with Crippen molar-refractivity contribution >= 4 is 42.1 Å². The van der Waals surface area contributed by atoms with E-state index in [9.17, 15) is 4.79 Å². The molecule has 162 valence electrons. The van der Waals surface area contributed by atoms with E-state index < -0.39 is 0 Å². The first-order valence-corrected chi connectivity index (χ1v) is 9.89. The molecule has 0 radical (unpaired) electrons. The number of benzene rings is 1. The van der Waals surface area contributed by atoms with Gasteiger partial charge in [0, 0.05) is 50.6 Å². The Morgan fingerprint density at radius 1 is 1.10 bits per heavy atom. The van der Waals surface area contributed by atoms with Crippen molar-refractivity contribution < 1.29 is 14.3 Å². The molecular formula is C19H28Cl2N4O3S. The van der Waals surface area contributed by atoms with Crippen molar-refractivity contribution in [1.29, 1.82) is 0 Å². The lowest BCUT2D eigenvalue weighted by molar-refractivity contribution is 0.0623. The van der Waals surface area contributed by atoms with Crippen LogP contribution in [0.25, 0.3) is 0 Å². The fourth-order valence-electron chi connectivity index (χ4n) is 3.13. The largest absolute Gasteiger partial charge is 0.497 e. The number of hydrogen-bond acceptors (Lipinski definition) is 7. The molecule has 0 saturated carbocycles. The lowest BCUT2D eigenvalue weighted by atomic mass is 10.1. The lowest BCUT2D eigenvalue weighted by Crippen LogP contribution is -2.48. The van der Waals surface area contributed by atoms with E-state index in [-0.39, 0.29) is 30.7 Å². The second-order valence-corrected chi connectivity index (χ2v) is 7.40. The van der Waals surface area contributed by atoms with E-state index in [0.29, 0.717) is 25.3 Å². The number of halogens is 2. The molecule has 3 rings (SSSR count). The van der Waals surface area contributed by atoms with Crippen molar-refractivity contribution in [2.24, 2.45) is 5.73 Å². The van der Waals surface area contributed by atoms with E-state index in [1.807, 2.05) is 28.5 Å². The maximum absolute atomic E-state index is 12.6. The van der Waals surface area contributed by atoms with E-state index in [1.165, 1.54) is 11.3 Å². The predicted octanol–water partition coefficient (Wildman–Crippen LogP) is 2.46. The van der Waals surface area contributed by atoms with E-state index in [4.69, 9.17) is 15.2 Å². The molecule has 2 aromatic rings. The summed E-state index contributed by atoms with van der Waals surface area (Å²) in [6.07, 6.45) is 0.718. The van der Waals surface area contributed by atoms with Gasteiger partial charge in [0.15, 0.2) is 0 Å². The van der Waals surface area contributed by atoms with Crippen molar-refractivity contribution in [1.82, 2.24) is 14.8 Å². The average molecular weight is 463 g/mol. The lowest BCUT2D eigenvalue weighted by Gasteiger charge is -2.34. The first-order valence-electron chi connectivity index (χ1n) is 9.01. The van der Waals surface area contributed by atoms with Gasteiger partial charge in [0.25, 0.3) is 5.91 Å². The van der Waals surface area contributed by atoms with Crippen LogP contribution in [0.4, 0.5) is 0 Å². The van der Waals surface area contributed by atoms with Gasteiger partial charge in [-0.25, -0.2) is 4.98 Å². The van der Waals surface area contributed by atoms with E-state index in [1.54, 1.807) is 14.2 Å². The summed E-state index contributed by atoms with van der Waals surface area (Å²) in [7, 11) is 3.31. The standard InChI is InChI=1S/C19H26N4O3S.2ClH/c1-25-15-9-14(10-16(11-15)26-2)12-22-5-7-23(8-6-22)19(24)17-13-27-18(21-17)3-4-20;;/h9-11,13H,3-8,12,20H2,1-2H3;2*1H. The number of carbonyl (C=O) groups excluding carboxylic acids is 1. The van der Waals surface area contributed by atoms with Crippen molar-refractivity contribution in [2.75, 3.05) is 46.9 Å². The molecule has 1 amide bonds. The molecule has 7 nitrogen and oxygen atoms in total. The minimum atomic E-state index is 0. The van der Waals surface area contributed by atoms with Gasteiger partial charge >= 0.3 is 0 Å². The second-order valence-electron chi connectivity index (χ2n) is 6.45. The fraction of sp³-hybridized carbons (Fsp3) is 0.474. The average Bonchev–Trinajstić information content (AvgIpc) is 3.16. The number of thiazole rings is 1. The quantitative estimate of drug-likeness (QED) is 0.680. The molecule has 2 N–H and O–H groups in total. The molecule has 1 saturated heterocycles. The summed E-state index contributed by atoms with van der Waals surface area (Å²) in [5.41, 5.74) is 7.23. The molecule has 0 aliphatic carbocycles. The van der Waals surface area contributed by atoms with Crippen LogP contribution in [0.2, 0.25) is 0 Å². The van der Waals surface area contributed by atoms with Crippen molar-refractivity contribution in [2.45, 2.75) is 13.0 Å². The van der Waals surface area contributed by atoms with Crippen molar-refractivity contribution in [3.8, 4) is 11.5 Å². The second kappa shape index (κ2) is 12.2. The van der Waals surface area contributed by atoms with Gasteiger partial charge in [-0.2, -0.15) is 0 Å². The SMILES string of the molecule is COc1cc(CN2CCN(C(=O)c3csc(CCN)n3)CC2)cc(OC)c1.Cl.Cl. The normalized spacial score (nSPS) is 14.0. The number of methoxy groups -OCH3 is 2. The number of carbonyl (C=O) groups is 1. The maximum Gasteiger partial charge on any atom is 0.273 e. The molecule has 29 heavy (non-hydrogen) atoms. The molecule has 1 aromatic carbocycles. The molecule has 1 aromatic heterocycles. The summed E-state index contributed by atoms with van der Waals surface area (Å²) < 4.78 is 10.7. The van der Waals surface area contributed by atoms with Crippen LogP contribution in [0.1, 0.15) is 21.1 Å². The zero-order valence-electron chi connectivity index (χ0n) is 16.6. The Hall–Kier alpha value is -1.58. The van der Waals surface area contributed by atoms with Crippen molar-refractivity contribution in [3.63, 3.8) is 0 Å². The Bertz CT molecular complexity index is 760. The van der Waals surface area contributed by atoms with Gasteiger partial charge in [-0.15, -0.1) is 36.2 Å². The highest BCUT2D eigenvalue weighted by atomic mass is 35.5. The first-order chi connectivity index (χ1) is 13.1. The van der Waals surface area contributed by atoms with Gasteiger partial charge in [-0.1, -0.05) is 0 Å². The van der Waals surface area contributed by atoms with Crippen LogP contribution in [0.3, 0.4) is 0 Å². The maximum atomic E-state index is 12.6. The smallest absolute Gasteiger partial charge is 0.273 e. The fourth-order valence-corrected chi connectivity index (χ4v) is 3.92. The van der Waals surface area contributed by atoms with Crippen LogP contribution in [-0.4, -0.2) is 67.6 Å². The highest BCUT2D eigenvalue weighted by Gasteiger charge is 2.24. The number of hydrogen-bond donors (Lipinski definition) is 1. The molecular weight excluding hydrogens is 435 g/mol. The Labute approximate surface area is 188 Å². The van der Waals surface area contributed by atoms with E-state index in [0.717, 1.165) is 48.1 Å². The molecule has 2 heterocycles. The summed E-state index contributed by atoms with van der Waals surface area (Å²) in [5, 5.41) is 2.76. The minimum Gasteiger partial charge on any atom is -0.497 e. The summed E-state index contributed by atoms with van der Waals surface area (Å²) in [5.74, 6) is 1.59. The number of piperazine rings is 1. The number of nitrogens with two attached hydrogens (primary N) is 1. The summed E-state index contributed by atoms with van der Waals surface area (Å²) in [4.78, 5) is 21.3. The molecule has 10 heteroatoms. The first kappa shape index (κ1) is 25.5. The predicted molar refractivity (Wildman–Crippen MR) is 120 cm³/mol. The zero-order chi connectivity index (χ0) is 19.2. The molecule has 1 fully saturated rings. The van der Waals surface area contributed by atoms with Crippen LogP contribution in [-0.2, 0) is 13.0 Å². The Morgan fingerprint density at radius 2 is 1.72 bits per heavy atom. The van der Waals surface area contributed by atoms with Gasteiger partial charge in [0.05, 0.1) is 19.2 Å². The van der Waals surface area contributed by atoms with Crippen LogP contribution in [0.15, 0.2) is 23.6 Å². The number of nitrogens with zero attached hydrogens (tertiary/aromatic N) is 3. The molecule has 0 spiro atoms. The van der Waals surface area contributed by atoms with Gasteiger partial charge < -0.3 is 20.1 Å². The summed E-state index contributed by atoms with van der Waals surface area (Å²) in [6.45, 7) is 4.39. The van der Waals surface area contributed by atoms with Crippen LogP contribution in [0, 0.1) is 0 Å². The van der Waals surface area contributed by atoms with Crippen LogP contribution >= 0.6 is 36.2 Å². The molecule has 0 unspecified atom stereocenters. The summed E-state index contributed by atoms with van der Waals surface area (Å²) >= 11 is 1.50. The highest BCUT2D eigenvalue weighted by Crippen LogP contribution is 2.24. The van der Waals surface area contributed by atoms with E-state index in [2.05, 4.69) is 9.88 Å². The number of amides is 1. The third-order valence-electron chi connectivity index (χ3n) is 4.61. The topological polar surface area (TPSA) is 80.9 Å². The van der Waals surface area contributed by atoms with Gasteiger partial charge in [0.1, 0.15) is 17.2 Å². The zero-order valence-corrected chi connectivity index (χ0v) is 19.1. The Balaban J connectivity index is 0.00000210. The van der Waals surface area contributed by atoms with Gasteiger partial charge in [-0.05, 0) is 24.2 Å². The Morgan fingerprint density at radius 3 is 2.28 bits per heavy atom. The third-order valence-corrected chi connectivity index (χ3v) is 5.51. The molecule has 1 aliphatic heterocycles. The molecule has 0 atom stereocenters. The number of aromatic nitrogens is 1. The van der Waals surface area contributed by atoms with Gasteiger partial charge in [-0.3, -0.25) is 9.69 Å². The number of ether oxygens (including phenoxy) is 2. The van der Waals surface area contributed by atoms with Crippen LogP contribution < -0.4 is 15.2 Å². The van der Waals surface area contributed by atoms with Crippen LogP contribution in [0.5, 0.6) is 11.5 Å². The van der Waals surface area contributed by atoms with Gasteiger partial charge in [0.2, 0.25) is 0 Å². The highest BCUT2D eigenvalue weighted by molar-refractivity contribution is 7.09.